The number of allylic oxidation sites excluding steroid dienone is 1. The van der Waals surface area contributed by atoms with Crippen LogP contribution >= 0.6 is 0 Å². The summed E-state index contributed by atoms with van der Waals surface area (Å²) >= 11 is 0. The van der Waals surface area contributed by atoms with Crippen molar-refractivity contribution in [1.82, 2.24) is 0 Å². The molecule has 0 aliphatic heterocycles. The fourth-order valence-electron chi connectivity index (χ4n) is 4.74. The Morgan fingerprint density at radius 3 is 2.23 bits per heavy atom. The van der Waals surface area contributed by atoms with Crippen LogP contribution in [-0.4, -0.2) is 0 Å². The average molecular weight is 439 g/mol. The highest BCUT2D eigenvalue weighted by atomic mass is 19.2. The fourth-order valence-corrected chi connectivity index (χ4v) is 4.74. The van der Waals surface area contributed by atoms with Gasteiger partial charge in [-0.3, -0.25) is 0 Å². The topological polar surface area (TPSA) is 0 Å². The van der Waals surface area contributed by atoms with Gasteiger partial charge in [-0.15, -0.1) is 0 Å². The van der Waals surface area contributed by atoms with Gasteiger partial charge in [0.05, 0.1) is 10.9 Å². The normalized spacial score (nSPS) is 20.2. The quantitative estimate of drug-likeness (QED) is 0.285. The van der Waals surface area contributed by atoms with Crippen molar-refractivity contribution in [2.45, 2.75) is 78.1 Å². The van der Waals surface area contributed by atoms with Crippen LogP contribution in [0.25, 0.3) is 16.6 Å². The maximum absolute atomic E-state index is 14.9. The second-order valence-electron chi connectivity index (χ2n) is 8.81. The van der Waals surface area contributed by atoms with Gasteiger partial charge in [0, 0.05) is 5.92 Å². The van der Waals surface area contributed by atoms with Gasteiger partial charge in [0.15, 0.2) is 17.5 Å². The van der Waals surface area contributed by atoms with E-state index in [2.05, 4.69) is 6.92 Å². The van der Waals surface area contributed by atoms with Crippen molar-refractivity contribution in [3.05, 3.63) is 52.6 Å². The molecule has 0 aromatic heterocycles. The van der Waals surface area contributed by atoms with Gasteiger partial charge in [-0.05, 0) is 55.0 Å². The first kappa shape index (κ1) is 23.7. The van der Waals surface area contributed by atoms with Gasteiger partial charge in [0.2, 0.25) is 0 Å². The molecule has 1 aliphatic carbocycles. The molecular formula is C26H31F5. The van der Waals surface area contributed by atoms with Crippen molar-refractivity contribution in [2.24, 2.45) is 11.8 Å². The predicted molar refractivity (Wildman–Crippen MR) is 117 cm³/mol. The van der Waals surface area contributed by atoms with Gasteiger partial charge >= 0.3 is 0 Å². The van der Waals surface area contributed by atoms with Crippen LogP contribution in [0.5, 0.6) is 0 Å². The first-order valence-electron chi connectivity index (χ1n) is 11.5. The van der Waals surface area contributed by atoms with E-state index in [4.69, 9.17) is 0 Å². The van der Waals surface area contributed by atoms with E-state index in [0.717, 1.165) is 38.2 Å². The minimum Gasteiger partial charge on any atom is -0.208 e. The number of hydrogen-bond donors (Lipinski definition) is 0. The van der Waals surface area contributed by atoms with E-state index in [1.54, 1.807) is 0 Å². The molecule has 2 aromatic rings. The molecule has 1 aliphatic rings. The highest BCUT2D eigenvalue weighted by Crippen LogP contribution is 2.41. The van der Waals surface area contributed by atoms with E-state index in [1.807, 2.05) is 6.92 Å². The van der Waals surface area contributed by atoms with Crippen molar-refractivity contribution in [2.75, 3.05) is 0 Å². The highest BCUT2D eigenvalue weighted by molar-refractivity contribution is 5.88. The van der Waals surface area contributed by atoms with E-state index < -0.39 is 46.0 Å². The Morgan fingerprint density at radius 2 is 1.58 bits per heavy atom. The molecule has 0 spiro atoms. The number of halogens is 5. The molecule has 170 valence electrons. The Hall–Kier alpha value is -1.91. The van der Waals surface area contributed by atoms with E-state index in [-0.39, 0.29) is 10.9 Å². The van der Waals surface area contributed by atoms with Crippen LogP contribution in [0.15, 0.2) is 24.0 Å². The van der Waals surface area contributed by atoms with Gasteiger partial charge in [-0.2, -0.15) is 0 Å². The minimum absolute atomic E-state index is 0.0221. The molecule has 0 radical (unpaired) electrons. The van der Waals surface area contributed by atoms with Gasteiger partial charge in [0.1, 0.15) is 11.6 Å². The highest BCUT2D eigenvalue weighted by Gasteiger charge is 2.29. The number of hydrogen-bond acceptors (Lipinski definition) is 0. The van der Waals surface area contributed by atoms with E-state index in [9.17, 15) is 22.0 Å². The summed E-state index contributed by atoms with van der Waals surface area (Å²) in [6.07, 6.45) is 8.24. The SMILES string of the molecule is CCCCCC1CCC(C(F)=C(F)c2cc3ccc(CCC)c(F)c3c(F)c2F)CC1. The summed E-state index contributed by atoms with van der Waals surface area (Å²) in [4.78, 5) is 0. The monoisotopic (exact) mass is 438 g/mol. The zero-order chi connectivity index (χ0) is 22.5. The molecule has 5 heteroatoms. The molecule has 0 amide bonds. The third kappa shape index (κ3) is 5.12. The third-order valence-corrected chi connectivity index (χ3v) is 6.59. The lowest BCUT2D eigenvalue weighted by Gasteiger charge is -2.28. The van der Waals surface area contributed by atoms with Crippen LogP contribution < -0.4 is 0 Å². The smallest absolute Gasteiger partial charge is 0.170 e. The number of rotatable bonds is 8. The molecular weight excluding hydrogens is 407 g/mol. The number of benzene rings is 2. The molecule has 31 heavy (non-hydrogen) atoms. The fraction of sp³-hybridized carbons (Fsp3) is 0.538. The summed E-state index contributed by atoms with van der Waals surface area (Å²) in [5.41, 5.74) is -0.492. The standard InChI is InChI=1S/C26H31F5/c1-3-5-6-8-16-9-11-18(12-10-16)23(28)24(29)20-15-19-14-13-17(7-4-2)22(27)21(19)26(31)25(20)30/h13-16,18H,3-12H2,1-2H3. The van der Waals surface area contributed by atoms with E-state index in [1.165, 1.54) is 18.6 Å². The van der Waals surface area contributed by atoms with Crippen LogP contribution in [0.3, 0.4) is 0 Å². The van der Waals surface area contributed by atoms with Crippen LogP contribution in [0.4, 0.5) is 22.0 Å². The molecule has 0 N–H and O–H groups in total. The molecule has 0 nitrogen and oxygen atoms in total. The Labute approximate surface area is 181 Å². The predicted octanol–water partition coefficient (Wildman–Crippen LogP) is 9.20. The van der Waals surface area contributed by atoms with Gasteiger partial charge < -0.3 is 0 Å². The van der Waals surface area contributed by atoms with Crippen LogP contribution in [0, 0.1) is 29.3 Å². The summed E-state index contributed by atoms with van der Waals surface area (Å²) in [6.45, 7) is 4.00. The van der Waals surface area contributed by atoms with Gasteiger partial charge in [0.25, 0.3) is 0 Å². The molecule has 0 bridgehead atoms. The second kappa shape index (κ2) is 10.6. The molecule has 2 aromatic carbocycles. The lowest BCUT2D eigenvalue weighted by molar-refractivity contribution is 0.258. The molecule has 0 unspecified atom stereocenters. The summed E-state index contributed by atoms with van der Waals surface area (Å²) in [5.74, 6) is -6.34. The van der Waals surface area contributed by atoms with Crippen molar-refractivity contribution < 1.29 is 22.0 Å². The number of fused-ring (bicyclic) bond motifs is 1. The summed E-state index contributed by atoms with van der Waals surface area (Å²) < 4.78 is 73.8. The molecule has 0 heterocycles. The van der Waals surface area contributed by atoms with Crippen molar-refractivity contribution in [3.8, 4) is 0 Å². The Balaban J connectivity index is 1.86. The second-order valence-corrected chi connectivity index (χ2v) is 8.81. The molecule has 3 rings (SSSR count). The Morgan fingerprint density at radius 1 is 0.871 bits per heavy atom. The first-order chi connectivity index (χ1) is 14.9. The van der Waals surface area contributed by atoms with Crippen molar-refractivity contribution >= 4 is 16.6 Å². The zero-order valence-corrected chi connectivity index (χ0v) is 18.3. The van der Waals surface area contributed by atoms with E-state index in [0.29, 0.717) is 31.6 Å². The maximum Gasteiger partial charge on any atom is 0.170 e. The average Bonchev–Trinajstić information content (AvgIpc) is 2.77. The first-order valence-corrected chi connectivity index (χ1v) is 11.5. The number of unbranched alkanes of at least 4 members (excludes halogenated alkanes) is 2. The van der Waals surface area contributed by atoms with E-state index >= 15 is 0 Å². The van der Waals surface area contributed by atoms with Crippen LogP contribution in [-0.2, 0) is 6.42 Å². The molecule has 1 fully saturated rings. The maximum atomic E-state index is 14.9. The molecule has 0 atom stereocenters. The summed E-state index contributed by atoms with van der Waals surface area (Å²) in [7, 11) is 0. The zero-order valence-electron chi connectivity index (χ0n) is 18.3. The summed E-state index contributed by atoms with van der Waals surface area (Å²) in [6, 6.07) is 3.93. The van der Waals surface area contributed by atoms with Gasteiger partial charge in [-0.25, -0.2) is 22.0 Å². The van der Waals surface area contributed by atoms with Gasteiger partial charge in [-0.1, -0.05) is 58.1 Å². The van der Waals surface area contributed by atoms with Crippen molar-refractivity contribution in [3.63, 3.8) is 0 Å². The lowest BCUT2D eigenvalue weighted by atomic mass is 9.79. The van der Waals surface area contributed by atoms with Crippen LogP contribution in [0.2, 0.25) is 0 Å². The molecule has 1 saturated carbocycles. The number of aryl methyl sites for hydroxylation is 1. The van der Waals surface area contributed by atoms with Crippen LogP contribution in [0.1, 0.15) is 82.8 Å². The lowest BCUT2D eigenvalue weighted by Crippen LogP contribution is -2.15. The Kier molecular flexibility index (Phi) is 8.12. The Bertz CT molecular complexity index is 939. The minimum atomic E-state index is -1.54. The molecule has 0 saturated heterocycles. The summed E-state index contributed by atoms with van der Waals surface area (Å²) in [5, 5.41) is -0.484. The third-order valence-electron chi connectivity index (χ3n) is 6.59. The van der Waals surface area contributed by atoms with Crippen molar-refractivity contribution in [1.29, 1.82) is 0 Å². The largest absolute Gasteiger partial charge is 0.208 e.